The SMILES string of the molecule is COc1ccc([C@H]2CC(=O)c3c(O)cc(O[C@H]4O[C@@H](C)[C@H](O)[C@H](O)[C@@H]4O)cc3O2)cc1O. The van der Waals surface area contributed by atoms with E-state index in [4.69, 9.17) is 18.9 Å². The van der Waals surface area contributed by atoms with E-state index in [1.165, 1.54) is 32.2 Å². The number of aliphatic hydroxyl groups excluding tert-OH is 3. The second-order valence-corrected chi connectivity index (χ2v) is 7.78. The van der Waals surface area contributed by atoms with Crippen molar-refractivity contribution in [3.05, 3.63) is 41.5 Å². The highest BCUT2D eigenvalue weighted by Crippen LogP contribution is 2.43. The monoisotopic (exact) mass is 448 g/mol. The molecular weight excluding hydrogens is 424 g/mol. The molecule has 2 aliphatic heterocycles. The van der Waals surface area contributed by atoms with Gasteiger partial charge in [-0.25, -0.2) is 0 Å². The van der Waals surface area contributed by atoms with Crippen molar-refractivity contribution in [2.24, 2.45) is 0 Å². The number of aliphatic hydroxyl groups is 3. The lowest BCUT2D eigenvalue weighted by Crippen LogP contribution is -2.58. The van der Waals surface area contributed by atoms with Gasteiger partial charge in [-0.15, -0.1) is 0 Å². The summed E-state index contributed by atoms with van der Waals surface area (Å²) >= 11 is 0. The quantitative estimate of drug-likeness (QED) is 0.458. The molecule has 0 unspecified atom stereocenters. The topological polar surface area (TPSA) is 155 Å². The molecule has 2 aliphatic rings. The molecule has 10 heteroatoms. The number of rotatable bonds is 4. The molecule has 32 heavy (non-hydrogen) atoms. The maximum Gasteiger partial charge on any atom is 0.229 e. The summed E-state index contributed by atoms with van der Waals surface area (Å²) in [5.41, 5.74) is 0.519. The van der Waals surface area contributed by atoms with Crippen LogP contribution in [0.2, 0.25) is 0 Å². The zero-order valence-electron chi connectivity index (χ0n) is 17.3. The van der Waals surface area contributed by atoms with Crippen LogP contribution in [0.4, 0.5) is 0 Å². The molecule has 2 heterocycles. The van der Waals surface area contributed by atoms with E-state index in [9.17, 15) is 30.3 Å². The minimum absolute atomic E-state index is 0.0136. The zero-order valence-corrected chi connectivity index (χ0v) is 17.3. The van der Waals surface area contributed by atoms with Gasteiger partial charge in [0, 0.05) is 12.1 Å². The molecule has 5 N–H and O–H groups in total. The van der Waals surface area contributed by atoms with E-state index >= 15 is 0 Å². The number of phenolic OH excluding ortho intramolecular Hbond substituents is 2. The number of ketones is 1. The maximum absolute atomic E-state index is 12.7. The molecular formula is C22H24O10. The highest BCUT2D eigenvalue weighted by molar-refractivity contribution is 6.02. The Morgan fingerprint density at radius 2 is 1.75 bits per heavy atom. The molecule has 1 fully saturated rings. The molecule has 1 saturated heterocycles. The van der Waals surface area contributed by atoms with Crippen LogP contribution < -0.4 is 14.2 Å². The summed E-state index contributed by atoms with van der Waals surface area (Å²) in [5, 5.41) is 50.3. The summed E-state index contributed by atoms with van der Waals surface area (Å²) < 4.78 is 21.9. The Bertz CT molecular complexity index is 1020. The number of benzene rings is 2. The Kier molecular flexibility index (Phi) is 5.87. The van der Waals surface area contributed by atoms with Crippen LogP contribution in [0, 0.1) is 0 Å². The van der Waals surface area contributed by atoms with Gasteiger partial charge in [0.1, 0.15) is 47.2 Å². The largest absolute Gasteiger partial charge is 0.507 e. The molecule has 0 saturated carbocycles. The van der Waals surface area contributed by atoms with Crippen molar-refractivity contribution in [1.29, 1.82) is 0 Å². The minimum atomic E-state index is -1.54. The third kappa shape index (κ3) is 3.93. The smallest absolute Gasteiger partial charge is 0.229 e. The number of ether oxygens (including phenoxy) is 4. The van der Waals surface area contributed by atoms with Crippen molar-refractivity contribution >= 4 is 5.78 Å². The Hall–Kier alpha value is -3.05. The number of fused-ring (bicyclic) bond motifs is 1. The fraction of sp³-hybridized carbons (Fsp3) is 0.409. The van der Waals surface area contributed by atoms with Crippen LogP contribution in [0.3, 0.4) is 0 Å². The molecule has 2 aromatic carbocycles. The molecule has 0 aromatic heterocycles. The van der Waals surface area contributed by atoms with Gasteiger partial charge in [0.15, 0.2) is 17.3 Å². The van der Waals surface area contributed by atoms with Crippen LogP contribution in [0.5, 0.6) is 28.7 Å². The maximum atomic E-state index is 12.7. The highest BCUT2D eigenvalue weighted by Gasteiger charge is 2.43. The van der Waals surface area contributed by atoms with Crippen molar-refractivity contribution in [2.75, 3.05) is 7.11 Å². The third-order valence-corrected chi connectivity index (χ3v) is 5.61. The van der Waals surface area contributed by atoms with Crippen molar-refractivity contribution < 1.29 is 49.3 Å². The summed E-state index contributed by atoms with van der Waals surface area (Å²) in [6.45, 7) is 1.51. The average molecular weight is 448 g/mol. The van der Waals surface area contributed by atoms with Gasteiger partial charge in [0.05, 0.1) is 19.6 Å². The summed E-state index contributed by atoms with van der Waals surface area (Å²) in [6.07, 6.45) is -7.24. The van der Waals surface area contributed by atoms with Gasteiger partial charge in [0.2, 0.25) is 6.29 Å². The predicted molar refractivity (Wildman–Crippen MR) is 108 cm³/mol. The molecule has 0 spiro atoms. The highest BCUT2D eigenvalue weighted by atomic mass is 16.7. The van der Waals surface area contributed by atoms with Gasteiger partial charge in [0.25, 0.3) is 0 Å². The number of methoxy groups -OCH3 is 1. The van der Waals surface area contributed by atoms with Crippen molar-refractivity contribution in [3.8, 4) is 28.7 Å². The Labute approximate surface area is 183 Å². The van der Waals surface area contributed by atoms with Gasteiger partial charge in [-0.3, -0.25) is 4.79 Å². The van der Waals surface area contributed by atoms with E-state index in [1.807, 2.05) is 0 Å². The molecule has 2 aromatic rings. The van der Waals surface area contributed by atoms with Crippen molar-refractivity contribution in [1.82, 2.24) is 0 Å². The molecule has 6 atom stereocenters. The van der Waals surface area contributed by atoms with Gasteiger partial charge < -0.3 is 44.5 Å². The van der Waals surface area contributed by atoms with E-state index in [0.29, 0.717) is 5.56 Å². The Morgan fingerprint density at radius 3 is 2.44 bits per heavy atom. The van der Waals surface area contributed by atoms with Crippen molar-refractivity contribution in [3.63, 3.8) is 0 Å². The van der Waals surface area contributed by atoms with Crippen LogP contribution in [-0.2, 0) is 4.74 Å². The lowest BCUT2D eigenvalue weighted by atomic mass is 9.95. The van der Waals surface area contributed by atoms with Gasteiger partial charge in [-0.2, -0.15) is 0 Å². The molecule has 10 nitrogen and oxygen atoms in total. The first-order chi connectivity index (χ1) is 15.2. The van der Waals surface area contributed by atoms with Crippen molar-refractivity contribution in [2.45, 2.75) is 50.2 Å². The first-order valence-electron chi connectivity index (χ1n) is 9.99. The lowest BCUT2D eigenvalue weighted by Gasteiger charge is -2.39. The van der Waals surface area contributed by atoms with E-state index in [-0.39, 0.29) is 46.5 Å². The van der Waals surface area contributed by atoms with E-state index in [1.54, 1.807) is 12.1 Å². The number of hydrogen-bond acceptors (Lipinski definition) is 10. The molecule has 0 bridgehead atoms. The number of carbonyl (C=O) groups is 1. The van der Waals surface area contributed by atoms with E-state index in [2.05, 4.69) is 0 Å². The van der Waals surface area contributed by atoms with Crippen LogP contribution >= 0.6 is 0 Å². The zero-order chi connectivity index (χ0) is 23.2. The normalized spacial score (nSPS) is 29.7. The Balaban J connectivity index is 1.60. The fourth-order valence-electron chi connectivity index (χ4n) is 3.82. The first-order valence-corrected chi connectivity index (χ1v) is 9.99. The van der Waals surface area contributed by atoms with Crippen LogP contribution in [0.15, 0.2) is 30.3 Å². The van der Waals surface area contributed by atoms with Crippen LogP contribution in [0.25, 0.3) is 0 Å². The first kappa shape index (κ1) is 22.2. The number of carbonyl (C=O) groups excluding carboxylic acids is 1. The summed E-state index contributed by atoms with van der Waals surface area (Å²) in [7, 11) is 1.42. The van der Waals surface area contributed by atoms with Crippen LogP contribution in [-0.4, -0.2) is 69.1 Å². The predicted octanol–water partition coefficient (Wildman–Crippen LogP) is 1.02. The Morgan fingerprint density at radius 1 is 1.00 bits per heavy atom. The second-order valence-electron chi connectivity index (χ2n) is 7.78. The van der Waals surface area contributed by atoms with Gasteiger partial charge >= 0.3 is 0 Å². The summed E-state index contributed by atoms with van der Waals surface area (Å²) in [5.74, 6) is -0.501. The number of phenols is 2. The summed E-state index contributed by atoms with van der Waals surface area (Å²) in [4.78, 5) is 12.7. The molecule has 0 aliphatic carbocycles. The van der Waals surface area contributed by atoms with Gasteiger partial charge in [-0.1, -0.05) is 6.07 Å². The van der Waals surface area contributed by atoms with E-state index in [0.717, 1.165) is 0 Å². The number of aromatic hydroxyl groups is 2. The third-order valence-electron chi connectivity index (χ3n) is 5.61. The molecule has 172 valence electrons. The number of hydrogen-bond donors (Lipinski definition) is 5. The minimum Gasteiger partial charge on any atom is -0.507 e. The van der Waals surface area contributed by atoms with Gasteiger partial charge in [-0.05, 0) is 24.6 Å². The second kappa shape index (κ2) is 8.47. The lowest BCUT2D eigenvalue weighted by molar-refractivity contribution is -0.268. The summed E-state index contributed by atoms with van der Waals surface area (Å²) in [6, 6.07) is 7.18. The molecule has 0 amide bonds. The fourth-order valence-corrected chi connectivity index (χ4v) is 3.82. The molecule has 0 radical (unpaired) electrons. The standard InChI is InChI=1S/C22H24O10/c1-9-19(26)20(27)21(28)22(30-9)31-11-6-13(24)18-14(25)8-16(32-17(18)7-11)10-3-4-15(29-2)12(23)5-10/h3-7,9,16,19-24,26-28H,8H2,1-2H3/t9-,16+,19-,20-,21-,22+/m0/s1. The average Bonchev–Trinajstić information content (AvgIpc) is 2.75. The van der Waals surface area contributed by atoms with Crippen LogP contribution in [0.1, 0.15) is 35.4 Å². The van der Waals surface area contributed by atoms with E-state index < -0.39 is 36.8 Å². The number of Topliss-reactive ketones (excluding diaryl/α,β-unsaturated/α-hetero) is 1. The molecule has 4 rings (SSSR count).